The number of methoxy groups -OCH3 is 1. The number of aliphatic hydroxyl groups is 1. The third-order valence-corrected chi connectivity index (χ3v) is 3.45. The van der Waals surface area contributed by atoms with Gasteiger partial charge in [-0.15, -0.1) is 6.58 Å². The first-order chi connectivity index (χ1) is 10.2. The summed E-state index contributed by atoms with van der Waals surface area (Å²) in [5, 5.41) is 19.4. The molecule has 2 aromatic rings. The topological polar surface area (TPSA) is 53.2 Å². The van der Waals surface area contributed by atoms with Crippen molar-refractivity contribution in [2.45, 2.75) is 12.0 Å². The number of rotatable bonds is 5. The Morgan fingerprint density at radius 1 is 1.19 bits per heavy atom. The first-order valence-corrected chi connectivity index (χ1v) is 6.64. The monoisotopic (exact) mass is 279 g/mol. The SMILES string of the molecule is C=C[C@H](c1cccc(OC)c1)[C@H](O)c1ccc(C#N)cc1. The van der Waals surface area contributed by atoms with Crippen molar-refractivity contribution in [3.05, 3.63) is 77.9 Å². The lowest BCUT2D eigenvalue weighted by Crippen LogP contribution is -2.09. The second-order valence-corrected chi connectivity index (χ2v) is 4.72. The molecule has 0 amide bonds. The molecule has 2 atom stereocenters. The van der Waals surface area contributed by atoms with E-state index < -0.39 is 6.10 Å². The summed E-state index contributed by atoms with van der Waals surface area (Å²) in [4.78, 5) is 0. The van der Waals surface area contributed by atoms with Crippen molar-refractivity contribution in [3.63, 3.8) is 0 Å². The van der Waals surface area contributed by atoms with Crippen LogP contribution in [0.4, 0.5) is 0 Å². The maximum atomic E-state index is 10.6. The van der Waals surface area contributed by atoms with Crippen LogP contribution in [0.3, 0.4) is 0 Å². The van der Waals surface area contributed by atoms with E-state index in [1.54, 1.807) is 37.5 Å². The van der Waals surface area contributed by atoms with Gasteiger partial charge in [0.2, 0.25) is 0 Å². The predicted molar refractivity (Wildman–Crippen MR) is 82.0 cm³/mol. The van der Waals surface area contributed by atoms with Crippen LogP contribution < -0.4 is 4.74 Å². The summed E-state index contributed by atoms with van der Waals surface area (Å²) in [7, 11) is 1.61. The Bertz CT molecular complexity index is 656. The van der Waals surface area contributed by atoms with Gasteiger partial charge in [-0.2, -0.15) is 5.26 Å². The minimum absolute atomic E-state index is 0.243. The summed E-state index contributed by atoms with van der Waals surface area (Å²) in [5.74, 6) is 0.499. The zero-order valence-electron chi connectivity index (χ0n) is 11.9. The summed E-state index contributed by atoms with van der Waals surface area (Å²) in [6.07, 6.45) is 1.000. The van der Waals surface area contributed by atoms with E-state index in [4.69, 9.17) is 10.00 Å². The third-order valence-electron chi connectivity index (χ3n) is 3.45. The maximum Gasteiger partial charge on any atom is 0.119 e. The van der Waals surface area contributed by atoms with Gasteiger partial charge >= 0.3 is 0 Å². The van der Waals surface area contributed by atoms with Gasteiger partial charge in [0.15, 0.2) is 0 Å². The van der Waals surface area contributed by atoms with Crippen LogP contribution in [-0.4, -0.2) is 12.2 Å². The molecule has 0 aliphatic rings. The van der Waals surface area contributed by atoms with E-state index in [0.717, 1.165) is 16.9 Å². The summed E-state index contributed by atoms with van der Waals surface area (Å²) in [5.41, 5.74) is 2.26. The molecule has 3 heteroatoms. The Labute approximate surface area is 124 Å². The van der Waals surface area contributed by atoms with E-state index in [2.05, 4.69) is 12.6 Å². The average Bonchev–Trinajstić information content (AvgIpc) is 2.55. The van der Waals surface area contributed by atoms with Crippen LogP contribution in [-0.2, 0) is 0 Å². The Morgan fingerprint density at radius 2 is 1.90 bits per heavy atom. The lowest BCUT2D eigenvalue weighted by Gasteiger charge is -2.21. The largest absolute Gasteiger partial charge is 0.497 e. The lowest BCUT2D eigenvalue weighted by atomic mass is 9.89. The fraction of sp³-hybridized carbons (Fsp3) is 0.167. The molecule has 1 N–H and O–H groups in total. The molecule has 3 nitrogen and oxygen atoms in total. The highest BCUT2D eigenvalue weighted by Crippen LogP contribution is 2.33. The number of ether oxygens (including phenoxy) is 1. The van der Waals surface area contributed by atoms with Crippen molar-refractivity contribution in [3.8, 4) is 11.8 Å². The molecule has 106 valence electrons. The molecule has 2 aromatic carbocycles. The van der Waals surface area contributed by atoms with Crippen LogP contribution >= 0.6 is 0 Å². The Hall–Kier alpha value is -2.57. The van der Waals surface area contributed by atoms with Crippen LogP contribution in [0, 0.1) is 11.3 Å². The van der Waals surface area contributed by atoms with Gasteiger partial charge in [-0.1, -0.05) is 30.3 Å². The van der Waals surface area contributed by atoms with Gasteiger partial charge in [-0.25, -0.2) is 0 Å². The zero-order valence-corrected chi connectivity index (χ0v) is 11.9. The number of aliphatic hydroxyl groups excluding tert-OH is 1. The van der Waals surface area contributed by atoms with Crippen molar-refractivity contribution in [2.75, 3.05) is 7.11 Å². The Morgan fingerprint density at radius 3 is 2.48 bits per heavy atom. The molecule has 0 aliphatic heterocycles. The number of benzene rings is 2. The second-order valence-electron chi connectivity index (χ2n) is 4.72. The van der Waals surface area contributed by atoms with E-state index in [1.165, 1.54) is 0 Å². The Kier molecular flexibility index (Phi) is 4.76. The van der Waals surface area contributed by atoms with Gasteiger partial charge in [-0.05, 0) is 35.4 Å². The van der Waals surface area contributed by atoms with Crippen molar-refractivity contribution in [1.82, 2.24) is 0 Å². The molecule has 0 saturated heterocycles. The van der Waals surface area contributed by atoms with E-state index in [-0.39, 0.29) is 5.92 Å². The number of hydrogen-bond donors (Lipinski definition) is 1. The van der Waals surface area contributed by atoms with Gasteiger partial charge in [0.1, 0.15) is 5.75 Å². The van der Waals surface area contributed by atoms with Crippen LogP contribution in [0.1, 0.15) is 28.7 Å². The highest BCUT2D eigenvalue weighted by atomic mass is 16.5. The second kappa shape index (κ2) is 6.74. The zero-order chi connectivity index (χ0) is 15.2. The molecule has 0 heterocycles. The fourth-order valence-electron chi connectivity index (χ4n) is 2.26. The molecule has 2 rings (SSSR count). The molecule has 0 bridgehead atoms. The molecular formula is C18H17NO2. The summed E-state index contributed by atoms with van der Waals surface area (Å²) in [6.45, 7) is 3.82. The number of nitrogens with zero attached hydrogens (tertiary/aromatic N) is 1. The molecular weight excluding hydrogens is 262 g/mol. The van der Waals surface area contributed by atoms with Crippen molar-refractivity contribution < 1.29 is 9.84 Å². The van der Waals surface area contributed by atoms with Gasteiger partial charge in [0.25, 0.3) is 0 Å². The first kappa shape index (κ1) is 14.8. The van der Waals surface area contributed by atoms with Crippen LogP contribution in [0.25, 0.3) is 0 Å². The highest BCUT2D eigenvalue weighted by molar-refractivity contribution is 5.37. The fourth-order valence-corrected chi connectivity index (χ4v) is 2.26. The standard InChI is InChI=1S/C18H17NO2/c1-3-17(15-5-4-6-16(11-15)21-2)18(20)14-9-7-13(12-19)8-10-14/h3-11,17-18,20H,1H2,2H3/t17-,18-/m1/s1. The molecule has 0 radical (unpaired) electrons. The predicted octanol–water partition coefficient (Wildman–Crippen LogP) is 3.57. The third kappa shape index (κ3) is 3.31. The molecule has 0 unspecified atom stereocenters. The van der Waals surface area contributed by atoms with Gasteiger partial charge in [-0.3, -0.25) is 0 Å². The number of nitriles is 1. The van der Waals surface area contributed by atoms with E-state index in [1.807, 2.05) is 24.3 Å². The normalized spacial score (nSPS) is 13.0. The van der Waals surface area contributed by atoms with Crippen molar-refractivity contribution in [1.29, 1.82) is 5.26 Å². The summed E-state index contributed by atoms with van der Waals surface area (Å²) < 4.78 is 5.21. The number of hydrogen-bond acceptors (Lipinski definition) is 3. The summed E-state index contributed by atoms with van der Waals surface area (Å²) >= 11 is 0. The van der Waals surface area contributed by atoms with Gasteiger partial charge in [0, 0.05) is 5.92 Å². The van der Waals surface area contributed by atoms with Crippen molar-refractivity contribution in [2.24, 2.45) is 0 Å². The summed E-state index contributed by atoms with van der Waals surface area (Å²) in [6, 6.07) is 16.6. The molecule has 0 saturated carbocycles. The highest BCUT2D eigenvalue weighted by Gasteiger charge is 2.20. The van der Waals surface area contributed by atoms with E-state index in [9.17, 15) is 5.11 Å². The molecule has 0 spiro atoms. The van der Waals surface area contributed by atoms with Gasteiger partial charge < -0.3 is 9.84 Å². The molecule has 21 heavy (non-hydrogen) atoms. The first-order valence-electron chi connectivity index (χ1n) is 6.64. The minimum atomic E-state index is -0.720. The molecule has 0 aromatic heterocycles. The maximum absolute atomic E-state index is 10.6. The molecule has 0 aliphatic carbocycles. The lowest BCUT2D eigenvalue weighted by molar-refractivity contribution is 0.162. The van der Waals surface area contributed by atoms with E-state index >= 15 is 0 Å². The van der Waals surface area contributed by atoms with Gasteiger partial charge in [0.05, 0.1) is 24.8 Å². The van der Waals surface area contributed by atoms with Crippen LogP contribution in [0.15, 0.2) is 61.2 Å². The van der Waals surface area contributed by atoms with E-state index in [0.29, 0.717) is 5.56 Å². The van der Waals surface area contributed by atoms with Crippen LogP contribution in [0.2, 0.25) is 0 Å². The smallest absolute Gasteiger partial charge is 0.119 e. The Balaban J connectivity index is 2.30. The minimum Gasteiger partial charge on any atom is -0.497 e. The quantitative estimate of drug-likeness (QED) is 0.851. The van der Waals surface area contributed by atoms with Crippen molar-refractivity contribution >= 4 is 0 Å². The van der Waals surface area contributed by atoms with Crippen LogP contribution in [0.5, 0.6) is 5.75 Å². The molecule has 0 fully saturated rings. The average molecular weight is 279 g/mol.